The van der Waals surface area contributed by atoms with Crippen LogP contribution in [0.3, 0.4) is 0 Å². The van der Waals surface area contributed by atoms with Crippen molar-refractivity contribution in [3.63, 3.8) is 0 Å². The Labute approximate surface area is 101 Å². The molecule has 1 saturated heterocycles. The molecule has 0 bridgehead atoms. The Morgan fingerprint density at radius 3 is 2.82 bits per heavy atom. The minimum atomic E-state index is -0.0201. The molecule has 1 aromatic heterocycles. The highest BCUT2D eigenvalue weighted by atomic mass is 16.1. The standard InChI is InChI=1S/C12H18N4O/c1-2-12(17)15-10-8-11(14-9-13-10)16-6-4-3-5-7-16/h8-9H,2-7H2,1H3,(H,13,14,15,17). The fourth-order valence-electron chi connectivity index (χ4n) is 1.94. The first-order valence-electron chi connectivity index (χ1n) is 6.16. The van der Waals surface area contributed by atoms with E-state index in [1.54, 1.807) is 0 Å². The Kier molecular flexibility index (Phi) is 3.90. The van der Waals surface area contributed by atoms with Crippen LogP contribution in [-0.4, -0.2) is 29.0 Å². The van der Waals surface area contributed by atoms with Crippen molar-refractivity contribution >= 4 is 17.5 Å². The van der Waals surface area contributed by atoms with Gasteiger partial charge < -0.3 is 10.2 Å². The molecule has 0 atom stereocenters. The first-order chi connectivity index (χ1) is 8.29. The summed E-state index contributed by atoms with van der Waals surface area (Å²) in [6.45, 7) is 3.90. The van der Waals surface area contributed by atoms with Crippen LogP contribution in [0.1, 0.15) is 32.6 Å². The van der Waals surface area contributed by atoms with E-state index >= 15 is 0 Å². The van der Waals surface area contributed by atoms with E-state index in [1.165, 1.54) is 25.6 Å². The summed E-state index contributed by atoms with van der Waals surface area (Å²) in [6.07, 6.45) is 5.68. The van der Waals surface area contributed by atoms with Gasteiger partial charge in [-0.3, -0.25) is 4.79 Å². The van der Waals surface area contributed by atoms with Gasteiger partial charge >= 0.3 is 0 Å². The van der Waals surface area contributed by atoms with Gasteiger partial charge in [0.25, 0.3) is 0 Å². The number of nitrogens with one attached hydrogen (secondary N) is 1. The second-order valence-corrected chi connectivity index (χ2v) is 4.21. The summed E-state index contributed by atoms with van der Waals surface area (Å²) in [7, 11) is 0. The molecule has 1 amide bonds. The van der Waals surface area contributed by atoms with Crippen molar-refractivity contribution in [2.75, 3.05) is 23.3 Å². The van der Waals surface area contributed by atoms with E-state index < -0.39 is 0 Å². The van der Waals surface area contributed by atoms with Gasteiger partial charge in [0, 0.05) is 25.6 Å². The zero-order valence-electron chi connectivity index (χ0n) is 10.1. The second kappa shape index (κ2) is 5.61. The maximum Gasteiger partial charge on any atom is 0.225 e. The van der Waals surface area contributed by atoms with E-state index in [4.69, 9.17) is 0 Å². The predicted molar refractivity (Wildman–Crippen MR) is 67.0 cm³/mol. The van der Waals surface area contributed by atoms with Gasteiger partial charge in [-0.2, -0.15) is 0 Å². The quantitative estimate of drug-likeness (QED) is 0.866. The Bertz CT molecular complexity index is 388. The van der Waals surface area contributed by atoms with Gasteiger partial charge in [-0.15, -0.1) is 0 Å². The van der Waals surface area contributed by atoms with Crippen molar-refractivity contribution < 1.29 is 4.79 Å². The van der Waals surface area contributed by atoms with Crippen LogP contribution in [0.5, 0.6) is 0 Å². The number of rotatable bonds is 3. The smallest absolute Gasteiger partial charge is 0.225 e. The molecule has 1 aliphatic rings. The number of carbonyl (C=O) groups is 1. The molecular weight excluding hydrogens is 216 g/mol. The van der Waals surface area contributed by atoms with Gasteiger partial charge in [-0.25, -0.2) is 9.97 Å². The lowest BCUT2D eigenvalue weighted by Crippen LogP contribution is -2.30. The van der Waals surface area contributed by atoms with Gasteiger partial charge in [0.05, 0.1) is 0 Å². The van der Waals surface area contributed by atoms with E-state index in [0.717, 1.165) is 18.9 Å². The van der Waals surface area contributed by atoms with Crippen molar-refractivity contribution in [2.45, 2.75) is 32.6 Å². The molecule has 1 N–H and O–H groups in total. The molecule has 1 fully saturated rings. The predicted octanol–water partition coefficient (Wildman–Crippen LogP) is 1.82. The van der Waals surface area contributed by atoms with E-state index in [9.17, 15) is 4.79 Å². The van der Waals surface area contributed by atoms with Crippen molar-refractivity contribution in [1.29, 1.82) is 0 Å². The van der Waals surface area contributed by atoms with Crippen molar-refractivity contribution in [1.82, 2.24) is 9.97 Å². The number of aromatic nitrogens is 2. The summed E-state index contributed by atoms with van der Waals surface area (Å²) in [5.74, 6) is 1.48. The first-order valence-corrected chi connectivity index (χ1v) is 6.16. The molecule has 2 heterocycles. The van der Waals surface area contributed by atoms with Crippen LogP contribution in [-0.2, 0) is 4.79 Å². The molecule has 0 saturated carbocycles. The van der Waals surface area contributed by atoms with E-state index in [-0.39, 0.29) is 5.91 Å². The molecular formula is C12H18N4O. The summed E-state index contributed by atoms with van der Waals surface area (Å²) in [5.41, 5.74) is 0. The molecule has 1 aliphatic heterocycles. The van der Waals surface area contributed by atoms with Crippen LogP contribution in [0.25, 0.3) is 0 Å². The second-order valence-electron chi connectivity index (χ2n) is 4.21. The number of hydrogen-bond acceptors (Lipinski definition) is 4. The molecule has 1 aromatic rings. The van der Waals surface area contributed by atoms with Gasteiger partial charge in [0.1, 0.15) is 18.0 Å². The van der Waals surface area contributed by atoms with E-state index in [2.05, 4.69) is 20.2 Å². The fourth-order valence-corrected chi connectivity index (χ4v) is 1.94. The maximum absolute atomic E-state index is 11.3. The molecule has 2 rings (SSSR count). The summed E-state index contributed by atoms with van der Waals surface area (Å²) in [6, 6.07) is 1.85. The first kappa shape index (κ1) is 11.8. The summed E-state index contributed by atoms with van der Waals surface area (Å²) in [4.78, 5) is 21.8. The van der Waals surface area contributed by atoms with Crippen molar-refractivity contribution in [2.24, 2.45) is 0 Å². The highest BCUT2D eigenvalue weighted by Crippen LogP contribution is 2.18. The fraction of sp³-hybridized carbons (Fsp3) is 0.583. The van der Waals surface area contributed by atoms with Crippen molar-refractivity contribution in [3.8, 4) is 0 Å². The number of carbonyl (C=O) groups excluding carboxylic acids is 1. The molecule has 0 radical (unpaired) electrons. The van der Waals surface area contributed by atoms with Crippen LogP contribution in [0, 0.1) is 0 Å². The topological polar surface area (TPSA) is 58.1 Å². The SMILES string of the molecule is CCC(=O)Nc1cc(N2CCCCC2)ncn1. The molecule has 5 heteroatoms. The van der Waals surface area contributed by atoms with Gasteiger partial charge in [0.2, 0.25) is 5.91 Å². The summed E-state index contributed by atoms with van der Waals surface area (Å²) < 4.78 is 0. The Hall–Kier alpha value is -1.65. The minimum Gasteiger partial charge on any atom is -0.356 e. The summed E-state index contributed by atoms with van der Waals surface area (Å²) in [5, 5.41) is 2.75. The zero-order valence-corrected chi connectivity index (χ0v) is 10.1. The third-order valence-electron chi connectivity index (χ3n) is 2.92. The zero-order chi connectivity index (χ0) is 12.1. The Morgan fingerprint density at radius 1 is 1.35 bits per heavy atom. The lowest BCUT2D eigenvalue weighted by atomic mass is 10.1. The number of piperidine rings is 1. The molecule has 0 spiro atoms. The minimum absolute atomic E-state index is 0.0201. The van der Waals surface area contributed by atoms with Crippen LogP contribution >= 0.6 is 0 Å². The largest absolute Gasteiger partial charge is 0.356 e. The number of amides is 1. The lowest BCUT2D eigenvalue weighted by molar-refractivity contribution is -0.115. The highest BCUT2D eigenvalue weighted by molar-refractivity contribution is 5.89. The van der Waals surface area contributed by atoms with Crippen LogP contribution in [0.4, 0.5) is 11.6 Å². The third kappa shape index (κ3) is 3.15. The van der Waals surface area contributed by atoms with E-state index in [1.807, 2.05) is 13.0 Å². The monoisotopic (exact) mass is 234 g/mol. The van der Waals surface area contributed by atoms with Gasteiger partial charge in [-0.1, -0.05) is 6.92 Å². The van der Waals surface area contributed by atoms with Gasteiger partial charge in [0.15, 0.2) is 0 Å². The number of nitrogens with zero attached hydrogens (tertiary/aromatic N) is 3. The van der Waals surface area contributed by atoms with Crippen LogP contribution in [0.15, 0.2) is 12.4 Å². The normalized spacial score (nSPS) is 15.7. The van der Waals surface area contributed by atoms with Gasteiger partial charge in [-0.05, 0) is 19.3 Å². The highest BCUT2D eigenvalue weighted by Gasteiger charge is 2.13. The molecule has 0 aromatic carbocycles. The lowest BCUT2D eigenvalue weighted by Gasteiger charge is -2.27. The van der Waals surface area contributed by atoms with E-state index in [0.29, 0.717) is 12.2 Å². The molecule has 0 aliphatic carbocycles. The molecule has 5 nitrogen and oxygen atoms in total. The van der Waals surface area contributed by atoms with Crippen molar-refractivity contribution in [3.05, 3.63) is 12.4 Å². The van der Waals surface area contributed by atoms with Crippen LogP contribution < -0.4 is 10.2 Å². The third-order valence-corrected chi connectivity index (χ3v) is 2.92. The number of hydrogen-bond donors (Lipinski definition) is 1. The Balaban J connectivity index is 2.07. The summed E-state index contributed by atoms with van der Waals surface area (Å²) >= 11 is 0. The maximum atomic E-state index is 11.3. The molecule has 17 heavy (non-hydrogen) atoms. The van der Waals surface area contributed by atoms with Crippen LogP contribution in [0.2, 0.25) is 0 Å². The molecule has 0 unspecified atom stereocenters. The number of anilines is 2. The average Bonchev–Trinajstić information content (AvgIpc) is 2.40. The average molecular weight is 234 g/mol. The molecule has 92 valence electrons. The Morgan fingerprint density at radius 2 is 2.12 bits per heavy atom.